The first-order valence-electron chi connectivity index (χ1n) is 6.97. The zero-order valence-electron chi connectivity index (χ0n) is 11.4. The first kappa shape index (κ1) is 14.9. The minimum absolute atomic E-state index is 0.107. The number of carboxylic acids is 1. The van der Waals surface area contributed by atoms with E-state index in [1.807, 2.05) is 0 Å². The molecule has 0 bridgehead atoms. The largest absolute Gasteiger partial charge is 0.478 e. The fraction of sp³-hybridized carbons (Fsp3) is 0.533. The highest BCUT2D eigenvalue weighted by molar-refractivity contribution is 5.87. The summed E-state index contributed by atoms with van der Waals surface area (Å²) in [5, 5.41) is 12.0. The maximum atomic E-state index is 13.5. The minimum atomic E-state index is -1.04. The molecular weight excluding hydrogens is 261 g/mol. The molecule has 1 aromatic carbocycles. The molecule has 0 atom stereocenters. The number of hydrogen-bond donors (Lipinski definition) is 2. The van der Waals surface area contributed by atoms with Crippen molar-refractivity contribution >= 4 is 5.97 Å². The van der Waals surface area contributed by atoms with E-state index in [9.17, 15) is 9.18 Å². The second kappa shape index (κ2) is 7.36. The first-order valence-corrected chi connectivity index (χ1v) is 6.97. The lowest BCUT2D eigenvalue weighted by Gasteiger charge is -2.07. The van der Waals surface area contributed by atoms with Crippen molar-refractivity contribution in [3.8, 4) is 0 Å². The summed E-state index contributed by atoms with van der Waals surface area (Å²) < 4.78 is 19.0. The van der Waals surface area contributed by atoms with Crippen LogP contribution >= 0.6 is 0 Å². The molecule has 0 aliphatic heterocycles. The Kier molecular flexibility index (Phi) is 5.49. The smallest absolute Gasteiger partial charge is 0.335 e. The van der Waals surface area contributed by atoms with E-state index in [-0.39, 0.29) is 11.4 Å². The number of rotatable bonds is 9. The highest BCUT2D eigenvalue weighted by Gasteiger charge is 2.20. The summed E-state index contributed by atoms with van der Waals surface area (Å²) in [6, 6.07) is 3.83. The zero-order chi connectivity index (χ0) is 14.4. The molecule has 1 aliphatic rings. The van der Waals surface area contributed by atoms with E-state index in [1.54, 1.807) is 0 Å². The van der Waals surface area contributed by atoms with Gasteiger partial charge in [0.1, 0.15) is 5.82 Å². The van der Waals surface area contributed by atoms with Crippen LogP contribution in [-0.4, -0.2) is 30.8 Å². The van der Waals surface area contributed by atoms with Crippen molar-refractivity contribution in [2.24, 2.45) is 5.92 Å². The Bertz CT molecular complexity index is 460. The SMILES string of the molecule is O=C(O)c1ccc(F)c(CNCCCOCC2CC2)c1. The number of aromatic carboxylic acids is 1. The molecule has 110 valence electrons. The van der Waals surface area contributed by atoms with Gasteiger partial charge < -0.3 is 15.2 Å². The van der Waals surface area contributed by atoms with E-state index >= 15 is 0 Å². The van der Waals surface area contributed by atoms with E-state index in [0.29, 0.717) is 18.7 Å². The molecule has 4 nitrogen and oxygen atoms in total. The molecule has 0 unspecified atom stereocenters. The molecule has 1 fully saturated rings. The number of carboxylic acid groups (broad SMARTS) is 1. The predicted molar refractivity (Wildman–Crippen MR) is 73.2 cm³/mol. The lowest BCUT2D eigenvalue weighted by atomic mass is 10.1. The van der Waals surface area contributed by atoms with Crippen LogP contribution in [0.15, 0.2) is 18.2 Å². The fourth-order valence-corrected chi connectivity index (χ4v) is 1.90. The zero-order valence-corrected chi connectivity index (χ0v) is 11.4. The van der Waals surface area contributed by atoms with Gasteiger partial charge in [0, 0.05) is 25.3 Å². The minimum Gasteiger partial charge on any atom is -0.478 e. The standard InChI is InChI=1S/C15H20FNO3/c16-14-5-4-12(15(18)19)8-13(14)9-17-6-1-7-20-10-11-2-3-11/h4-5,8,11,17H,1-3,6-7,9-10H2,(H,18,19). The Hall–Kier alpha value is -1.46. The van der Waals surface area contributed by atoms with Crippen molar-refractivity contribution in [2.45, 2.75) is 25.8 Å². The average molecular weight is 281 g/mol. The summed E-state index contributed by atoms with van der Waals surface area (Å²) in [5.41, 5.74) is 0.486. The second-order valence-corrected chi connectivity index (χ2v) is 5.16. The highest BCUT2D eigenvalue weighted by atomic mass is 19.1. The second-order valence-electron chi connectivity index (χ2n) is 5.16. The number of hydrogen-bond acceptors (Lipinski definition) is 3. The van der Waals surface area contributed by atoms with Crippen molar-refractivity contribution in [1.29, 1.82) is 0 Å². The van der Waals surface area contributed by atoms with Gasteiger partial charge in [-0.05, 0) is 49.9 Å². The monoisotopic (exact) mass is 281 g/mol. The number of ether oxygens (including phenoxy) is 1. The van der Waals surface area contributed by atoms with Crippen LogP contribution in [0.25, 0.3) is 0 Å². The third-order valence-corrected chi connectivity index (χ3v) is 3.30. The van der Waals surface area contributed by atoms with Gasteiger partial charge >= 0.3 is 5.97 Å². The number of carbonyl (C=O) groups is 1. The van der Waals surface area contributed by atoms with Crippen molar-refractivity contribution < 1.29 is 19.0 Å². The van der Waals surface area contributed by atoms with Crippen LogP contribution in [0.4, 0.5) is 4.39 Å². The van der Waals surface area contributed by atoms with Gasteiger partial charge in [0.15, 0.2) is 0 Å². The summed E-state index contributed by atoms with van der Waals surface area (Å²) in [7, 11) is 0. The van der Waals surface area contributed by atoms with Crippen LogP contribution in [0.5, 0.6) is 0 Å². The average Bonchev–Trinajstić information content (AvgIpc) is 3.23. The quantitative estimate of drug-likeness (QED) is 0.683. The lowest BCUT2D eigenvalue weighted by Crippen LogP contribution is -2.17. The summed E-state index contributed by atoms with van der Waals surface area (Å²) in [4.78, 5) is 10.8. The molecule has 0 saturated heterocycles. The topological polar surface area (TPSA) is 58.6 Å². The third-order valence-electron chi connectivity index (χ3n) is 3.30. The van der Waals surface area contributed by atoms with Gasteiger partial charge in [-0.1, -0.05) is 0 Å². The van der Waals surface area contributed by atoms with E-state index in [2.05, 4.69) is 5.32 Å². The molecule has 0 spiro atoms. The molecule has 1 aromatic rings. The Morgan fingerprint density at radius 3 is 2.95 bits per heavy atom. The molecule has 1 aliphatic carbocycles. The third kappa shape index (κ3) is 4.90. The van der Waals surface area contributed by atoms with Crippen LogP contribution in [0.3, 0.4) is 0 Å². The molecule has 0 heterocycles. The molecule has 5 heteroatoms. The Balaban J connectivity index is 1.64. The van der Waals surface area contributed by atoms with Gasteiger partial charge in [-0.2, -0.15) is 0 Å². The number of nitrogens with one attached hydrogen (secondary N) is 1. The first-order chi connectivity index (χ1) is 9.66. The Morgan fingerprint density at radius 2 is 2.25 bits per heavy atom. The van der Waals surface area contributed by atoms with Crippen LogP contribution in [0, 0.1) is 11.7 Å². The number of benzene rings is 1. The maximum absolute atomic E-state index is 13.5. The van der Waals surface area contributed by atoms with Gasteiger partial charge in [0.25, 0.3) is 0 Å². The Labute approximate surface area is 117 Å². The van der Waals surface area contributed by atoms with Gasteiger partial charge in [0.05, 0.1) is 5.56 Å². The van der Waals surface area contributed by atoms with Crippen LogP contribution in [0.2, 0.25) is 0 Å². The fourth-order valence-electron chi connectivity index (χ4n) is 1.90. The Morgan fingerprint density at radius 1 is 1.45 bits per heavy atom. The van der Waals surface area contributed by atoms with E-state index in [1.165, 1.54) is 31.0 Å². The van der Waals surface area contributed by atoms with Gasteiger partial charge in [-0.25, -0.2) is 9.18 Å². The summed E-state index contributed by atoms with van der Waals surface area (Å²) in [5.74, 6) is -0.650. The summed E-state index contributed by atoms with van der Waals surface area (Å²) >= 11 is 0. The predicted octanol–water partition coefficient (Wildman–Crippen LogP) is 2.43. The van der Waals surface area contributed by atoms with Gasteiger partial charge in [0.2, 0.25) is 0 Å². The molecule has 0 amide bonds. The number of halogens is 1. The highest BCUT2D eigenvalue weighted by Crippen LogP contribution is 2.28. The van der Waals surface area contributed by atoms with Crippen LogP contribution in [-0.2, 0) is 11.3 Å². The molecule has 20 heavy (non-hydrogen) atoms. The van der Waals surface area contributed by atoms with E-state index in [4.69, 9.17) is 9.84 Å². The van der Waals surface area contributed by atoms with Crippen molar-refractivity contribution in [3.63, 3.8) is 0 Å². The molecule has 2 rings (SSSR count). The summed E-state index contributed by atoms with van der Waals surface area (Å²) in [6.45, 7) is 2.62. The lowest BCUT2D eigenvalue weighted by molar-refractivity contribution is 0.0696. The van der Waals surface area contributed by atoms with Gasteiger partial charge in [-0.3, -0.25) is 0 Å². The van der Waals surface area contributed by atoms with E-state index in [0.717, 1.165) is 25.5 Å². The summed E-state index contributed by atoms with van der Waals surface area (Å²) in [6.07, 6.45) is 3.45. The molecular formula is C15H20FNO3. The van der Waals surface area contributed by atoms with Gasteiger partial charge in [-0.15, -0.1) is 0 Å². The molecule has 2 N–H and O–H groups in total. The normalized spacial score (nSPS) is 14.4. The molecule has 0 radical (unpaired) electrons. The van der Waals surface area contributed by atoms with Crippen molar-refractivity contribution in [2.75, 3.05) is 19.8 Å². The molecule has 0 aromatic heterocycles. The maximum Gasteiger partial charge on any atom is 0.335 e. The van der Waals surface area contributed by atoms with Crippen LogP contribution in [0.1, 0.15) is 35.2 Å². The van der Waals surface area contributed by atoms with Crippen molar-refractivity contribution in [1.82, 2.24) is 5.32 Å². The molecule has 1 saturated carbocycles. The van der Waals surface area contributed by atoms with Crippen molar-refractivity contribution in [3.05, 3.63) is 35.1 Å². The van der Waals surface area contributed by atoms with E-state index < -0.39 is 5.97 Å². The van der Waals surface area contributed by atoms with Crippen LogP contribution < -0.4 is 5.32 Å².